The number of nitrogens with zero attached hydrogens (tertiary/aromatic N) is 1. The van der Waals surface area contributed by atoms with E-state index in [1.54, 1.807) is 18.2 Å². The number of rotatable bonds is 3. The quantitative estimate of drug-likeness (QED) is 0.923. The van der Waals surface area contributed by atoms with Gasteiger partial charge in [-0.1, -0.05) is 0 Å². The second-order valence-electron chi connectivity index (χ2n) is 3.81. The van der Waals surface area contributed by atoms with Gasteiger partial charge < -0.3 is 9.73 Å². The SMILES string of the molecule is CC(Nc1ccc(F)c(C#N)c1)c1ccc(Br)o1. The van der Waals surface area contributed by atoms with Crippen LogP contribution in [0.1, 0.15) is 24.3 Å². The van der Waals surface area contributed by atoms with E-state index >= 15 is 0 Å². The molecule has 3 nitrogen and oxygen atoms in total. The fourth-order valence-electron chi connectivity index (χ4n) is 1.58. The Bertz CT molecular complexity index is 603. The van der Waals surface area contributed by atoms with Gasteiger partial charge in [-0.05, 0) is 53.2 Å². The maximum Gasteiger partial charge on any atom is 0.169 e. The molecule has 1 aromatic carbocycles. The highest BCUT2D eigenvalue weighted by Gasteiger charge is 2.10. The van der Waals surface area contributed by atoms with Crippen LogP contribution in [0.2, 0.25) is 0 Å². The van der Waals surface area contributed by atoms with Crippen LogP contribution in [0.25, 0.3) is 0 Å². The first-order chi connectivity index (χ1) is 8.60. The van der Waals surface area contributed by atoms with Crippen molar-refractivity contribution in [2.24, 2.45) is 0 Å². The molecule has 0 radical (unpaired) electrons. The van der Waals surface area contributed by atoms with Crippen molar-refractivity contribution in [2.75, 3.05) is 5.32 Å². The summed E-state index contributed by atoms with van der Waals surface area (Å²) in [7, 11) is 0. The van der Waals surface area contributed by atoms with E-state index in [0.717, 1.165) is 5.76 Å². The Labute approximate surface area is 112 Å². The van der Waals surface area contributed by atoms with Crippen molar-refractivity contribution < 1.29 is 8.81 Å². The normalized spacial score (nSPS) is 11.9. The third kappa shape index (κ3) is 2.71. The predicted molar refractivity (Wildman–Crippen MR) is 69.6 cm³/mol. The van der Waals surface area contributed by atoms with Gasteiger partial charge in [-0.15, -0.1) is 0 Å². The van der Waals surface area contributed by atoms with Gasteiger partial charge in [0.25, 0.3) is 0 Å². The maximum atomic E-state index is 13.2. The molecule has 0 saturated carbocycles. The van der Waals surface area contributed by atoms with E-state index in [9.17, 15) is 4.39 Å². The lowest BCUT2D eigenvalue weighted by atomic mass is 10.2. The average molecular weight is 309 g/mol. The zero-order chi connectivity index (χ0) is 13.1. The van der Waals surface area contributed by atoms with Crippen molar-refractivity contribution in [3.05, 3.63) is 52.1 Å². The van der Waals surface area contributed by atoms with Crippen LogP contribution < -0.4 is 5.32 Å². The molecule has 1 heterocycles. The van der Waals surface area contributed by atoms with Gasteiger partial charge in [0.05, 0.1) is 11.6 Å². The Hall–Kier alpha value is -1.80. The summed E-state index contributed by atoms with van der Waals surface area (Å²) in [4.78, 5) is 0. The van der Waals surface area contributed by atoms with E-state index in [4.69, 9.17) is 9.68 Å². The summed E-state index contributed by atoms with van der Waals surface area (Å²) in [5, 5.41) is 11.9. The van der Waals surface area contributed by atoms with Crippen LogP contribution in [0.3, 0.4) is 0 Å². The topological polar surface area (TPSA) is 49.0 Å². The molecule has 0 bridgehead atoms. The third-order valence-corrected chi connectivity index (χ3v) is 2.92. The highest BCUT2D eigenvalue weighted by molar-refractivity contribution is 9.10. The largest absolute Gasteiger partial charge is 0.452 e. The first-order valence-electron chi connectivity index (χ1n) is 5.31. The molecular formula is C13H10BrFN2O. The maximum absolute atomic E-state index is 13.2. The van der Waals surface area contributed by atoms with E-state index in [1.807, 2.05) is 13.0 Å². The molecule has 0 amide bonds. The van der Waals surface area contributed by atoms with Gasteiger partial charge >= 0.3 is 0 Å². The van der Waals surface area contributed by atoms with Crippen molar-refractivity contribution in [1.29, 1.82) is 5.26 Å². The molecule has 0 fully saturated rings. The second kappa shape index (κ2) is 5.23. The minimum atomic E-state index is -0.517. The van der Waals surface area contributed by atoms with Gasteiger partial charge in [0.15, 0.2) is 4.67 Å². The molecule has 5 heteroatoms. The fourth-order valence-corrected chi connectivity index (χ4v) is 1.90. The van der Waals surface area contributed by atoms with Crippen LogP contribution in [-0.4, -0.2) is 0 Å². The molecular weight excluding hydrogens is 299 g/mol. The minimum Gasteiger partial charge on any atom is -0.452 e. The number of furan rings is 1. The van der Waals surface area contributed by atoms with Gasteiger partial charge in [-0.3, -0.25) is 0 Å². The summed E-state index contributed by atoms with van der Waals surface area (Å²) in [6, 6.07) is 9.71. The highest BCUT2D eigenvalue weighted by Crippen LogP contribution is 2.24. The van der Waals surface area contributed by atoms with Crippen LogP contribution in [0.5, 0.6) is 0 Å². The van der Waals surface area contributed by atoms with Gasteiger partial charge in [-0.2, -0.15) is 5.26 Å². The molecule has 1 aromatic heterocycles. The molecule has 1 N–H and O–H groups in total. The minimum absolute atomic E-state index is 0.0211. The van der Waals surface area contributed by atoms with Crippen LogP contribution in [0.4, 0.5) is 10.1 Å². The number of anilines is 1. The molecule has 0 aliphatic rings. The Morgan fingerprint density at radius 3 is 2.78 bits per heavy atom. The average Bonchev–Trinajstić information content (AvgIpc) is 2.78. The zero-order valence-corrected chi connectivity index (χ0v) is 11.2. The van der Waals surface area contributed by atoms with Crippen molar-refractivity contribution in [1.82, 2.24) is 0 Å². The van der Waals surface area contributed by atoms with E-state index in [2.05, 4.69) is 21.2 Å². The standard InChI is InChI=1S/C13H10BrFN2O/c1-8(12-4-5-13(14)18-12)17-10-2-3-11(15)9(6-10)7-16/h2-6,8,17H,1H3. The Balaban J connectivity index is 2.17. The summed E-state index contributed by atoms with van der Waals surface area (Å²) in [5.74, 6) is 0.237. The van der Waals surface area contributed by atoms with E-state index in [-0.39, 0.29) is 11.6 Å². The molecule has 1 unspecified atom stereocenters. The van der Waals surface area contributed by atoms with Crippen molar-refractivity contribution in [2.45, 2.75) is 13.0 Å². The molecule has 0 saturated heterocycles. The molecule has 0 aliphatic carbocycles. The molecule has 2 rings (SSSR count). The molecule has 1 atom stereocenters. The van der Waals surface area contributed by atoms with E-state index in [0.29, 0.717) is 10.4 Å². The second-order valence-corrected chi connectivity index (χ2v) is 4.60. The molecule has 18 heavy (non-hydrogen) atoms. The van der Waals surface area contributed by atoms with E-state index in [1.165, 1.54) is 12.1 Å². The van der Waals surface area contributed by atoms with Gasteiger partial charge in [0.1, 0.15) is 17.6 Å². The molecule has 2 aromatic rings. The van der Waals surface area contributed by atoms with Crippen molar-refractivity contribution in [3.63, 3.8) is 0 Å². The predicted octanol–water partition coefficient (Wildman–Crippen LogP) is 4.23. The Morgan fingerprint density at radius 2 is 2.17 bits per heavy atom. The van der Waals surface area contributed by atoms with Gasteiger partial charge in [-0.25, -0.2) is 4.39 Å². The summed E-state index contributed by atoms with van der Waals surface area (Å²) in [6.45, 7) is 1.92. The smallest absolute Gasteiger partial charge is 0.169 e. The molecule has 92 valence electrons. The van der Waals surface area contributed by atoms with E-state index < -0.39 is 5.82 Å². The number of hydrogen-bond donors (Lipinski definition) is 1. The van der Waals surface area contributed by atoms with Crippen molar-refractivity contribution in [3.8, 4) is 6.07 Å². The van der Waals surface area contributed by atoms with Crippen LogP contribution in [0, 0.1) is 17.1 Å². The van der Waals surface area contributed by atoms with Crippen LogP contribution in [0.15, 0.2) is 39.4 Å². The van der Waals surface area contributed by atoms with Crippen LogP contribution >= 0.6 is 15.9 Å². The first-order valence-corrected chi connectivity index (χ1v) is 6.11. The summed E-state index contributed by atoms with van der Waals surface area (Å²) >= 11 is 3.23. The number of halogens is 2. The molecule has 0 aliphatic heterocycles. The lowest BCUT2D eigenvalue weighted by Gasteiger charge is -2.13. The lowest BCUT2D eigenvalue weighted by Crippen LogP contribution is -2.05. The summed E-state index contributed by atoms with van der Waals surface area (Å²) in [6.07, 6.45) is 0. The summed E-state index contributed by atoms with van der Waals surface area (Å²) in [5.41, 5.74) is 0.695. The Morgan fingerprint density at radius 1 is 1.39 bits per heavy atom. The fraction of sp³-hybridized carbons (Fsp3) is 0.154. The van der Waals surface area contributed by atoms with Gasteiger partial charge in [0, 0.05) is 5.69 Å². The molecule has 0 spiro atoms. The zero-order valence-electron chi connectivity index (χ0n) is 9.58. The number of nitrogens with one attached hydrogen (secondary N) is 1. The first kappa shape index (κ1) is 12.7. The van der Waals surface area contributed by atoms with Crippen molar-refractivity contribution >= 4 is 21.6 Å². The van der Waals surface area contributed by atoms with Gasteiger partial charge in [0.2, 0.25) is 0 Å². The highest BCUT2D eigenvalue weighted by atomic mass is 79.9. The third-order valence-electron chi connectivity index (χ3n) is 2.49. The monoisotopic (exact) mass is 308 g/mol. The summed E-state index contributed by atoms with van der Waals surface area (Å²) < 4.78 is 19.2. The van der Waals surface area contributed by atoms with Crippen LogP contribution in [-0.2, 0) is 0 Å². The lowest BCUT2D eigenvalue weighted by molar-refractivity contribution is 0.471. The Kier molecular flexibility index (Phi) is 3.68. The number of benzene rings is 1. The number of hydrogen-bond acceptors (Lipinski definition) is 3. The number of nitriles is 1.